The highest BCUT2D eigenvalue weighted by Crippen LogP contribution is 2.38. The molecule has 1 aliphatic rings. The van der Waals surface area contributed by atoms with Gasteiger partial charge >= 0.3 is 0 Å². The summed E-state index contributed by atoms with van der Waals surface area (Å²) in [4.78, 5) is 36.4. The average Bonchev–Trinajstić information content (AvgIpc) is 2.92. The number of nitrogens with zero attached hydrogens (tertiary/aromatic N) is 2. The van der Waals surface area contributed by atoms with Gasteiger partial charge in [0.1, 0.15) is 0 Å². The Bertz CT molecular complexity index is 1020. The Balaban J connectivity index is 1.86. The minimum atomic E-state index is -0.543. The largest absolute Gasteiger partial charge is 0.503 e. The normalized spacial score (nSPS) is 15.4. The number of phenols is 1. The van der Waals surface area contributed by atoms with Gasteiger partial charge in [0.05, 0.1) is 28.5 Å². The fourth-order valence-corrected chi connectivity index (χ4v) is 3.63. The van der Waals surface area contributed by atoms with E-state index in [0.717, 1.165) is 16.7 Å². The van der Waals surface area contributed by atoms with Gasteiger partial charge in [0.15, 0.2) is 11.5 Å². The highest BCUT2D eigenvalue weighted by molar-refractivity contribution is 8.18. The molecule has 0 atom stereocenters. The van der Waals surface area contributed by atoms with Gasteiger partial charge in [0.2, 0.25) is 0 Å². The fraction of sp³-hybridized carbons (Fsp3) is 0.111. The van der Waals surface area contributed by atoms with Crippen LogP contribution >= 0.6 is 23.4 Å². The van der Waals surface area contributed by atoms with E-state index in [-0.39, 0.29) is 33.7 Å². The summed E-state index contributed by atoms with van der Waals surface area (Å²) in [5.74, 6) is -0.612. The van der Waals surface area contributed by atoms with Gasteiger partial charge in [-0.25, -0.2) is 0 Å². The molecule has 10 heteroatoms. The molecule has 1 N–H and O–H groups in total. The zero-order chi connectivity index (χ0) is 20.4. The van der Waals surface area contributed by atoms with Gasteiger partial charge < -0.3 is 9.84 Å². The molecule has 28 heavy (non-hydrogen) atoms. The van der Waals surface area contributed by atoms with E-state index in [2.05, 4.69) is 0 Å². The molecule has 8 nitrogen and oxygen atoms in total. The monoisotopic (exact) mass is 420 g/mol. The van der Waals surface area contributed by atoms with Crippen LogP contribution in [0.1, 0.15) is 11.1 Å². The highest BCUT2D eigenvalue weighted by atomic mass is 35.5. The third kappa shape index (κ3) is 3.95. The maximum Gasteiger partial charge on any atom is 0.293 e. The zero-order valence-corrected chi connectivity index (χ0v) is 16.0. The lowest BCUT2D eigenvalue weighted by molar-refractivity contribution is -0.384. The van der Waals surface area contributed by atoms with Crippen LogP contribution in [-0.4, -0.2) is 33.2 Å². The number of aromatic hydroxyl groups is 1. The second kappa shape index (κ2) is 7.91. The number of ether oxygens (including phenoxy) is 1. The average molecular weight is 421 g/mol. The van der Waals surface area contributed by atoms with Crippen LogP contribution in [0.3, 0.4) is 0 Å². The van der Waals surface area contributed by atoms with Crippen molar-refractivity contribution >= 4 is 46.3 Å². The number of phenolic OH excluding ortho intramolecular Hbond substituents is 1. The fourth-order valence-electron chi connectivity index (χ4n) is 2.57. The van der Waals surface area contributed by atoms with Crippen molar-refractivity contribution in [3.63, 3.8) is 0 Å². The summed E-state index contributed by atoms with van der Waals surface area (Å²) in [5, 5.41) is 20.2. The molecule has 3 rings (SSSR count). The molecule has 2 aromatic rings. The van der Waals surface area contributed by atoms with E-state index in [0.29, 0.717) is 11.1 Å². The first kappa shape index (κ1) is 19.7. The van der Waals surface area contributed by atoms with Crippen molar-refractivity contribution in [2.45, 2.75) is 6.54 Å². The molecule has 0 spiro atoms. The second-order valence-corrected chi connectivity index (χ2v) is 7.15. The number of nitro groups is 1. The van der Waals surface area contributed by atoms with Crippen LogP contribution in [-0.2, 0) is 11.3 Å². The number of nitro benzene ring substituents is 1. The van der Waals surface area contributed by atoms with Gasteiger partial charge in [0.25, 0.3) is 16.8 Å². The Morgan fingerprint density at radius 1 is 1.32 bits per heavy atom. The van der Waals surface area contributed by atoms with Gasteiger partial charge in [-0.3, -0.25) is 24.6 Å². The quantitative estimate of drug-likeness (QED) is 0.438. The number of carbonyl (C=O) groups is 2. The van der Waals surface area contributed by atoms with Crippen LogP contribution in [0.25, 0.3) is 6.08 Å². The van der Waals surface area contributed by atoms with Crippen molar-refractivity contribution in [3.8, 4) is 11.5 Å². The molecule has 1 heterocycles. The second-order valence-electron chi connectivity index (χ2n) is 5.75. The molecule has 0 aromatic heterocycles. The molecule has 0 bridgehead atoms. The van der Waals surface area contributed by atoms with Crippen molar-refractivity contribution in [2.75, 3.05) is 7.11 Å². The molecule has 0 aliphatic carbocycles. The number of non-ortho nitro benzene ring substituents is 1. The first-order valence-electron chi connectivity index (χ1n) is 7.85. The molecule has 1 fully saturated rings. The zero-order valence-electron chi connectivity index (χ0n) is 14.4. The summed E-state index contributed by atoms with van der Waals surface area (Å²) in [5.41, 5.74) is 0.818. The van der Waals surface area contributed by atoms with E-state index in [1.54, 1.807) is 6.07 Å². The number of methoxy groups -OCH3 is 1. The Labute approximate surface area is 168 Å². The number of benzene rings is 2. The van der Waals surface area contributed by atoms with Gasteiger partial charge in [-0.15, -0.1) is 0 Å². The van der Waals surface area contributed by atoms with Crippen LogP contribution < -0.4 is 4.74 Å². The Kier molecular flexibility index (Phi) is 5.57. The van der Waals surface area contributed by atoms with E-state index in [9.17, 15) is 24.8 Å². The maximum absolute atomic E-state index is 12.6. The third-order valence-electron chi connectivity index (χ3n) is 3.90. The predicted octanol–water partition coefficient (Wildman–Crippen LogP) is 4.20. The predicted molar refractivity (Wildman–Crippen MR) is 104 cm³/mol. The van der Waals surface area contributed by atoms with Gasteiger partial charge in [0, 0.05) is 12.1 Å². The minimum absolute atomic E-state index is 0.0430. The van der Waals surface area contributed by atoms with Crippen LogP contribution in [0.2, 0.25) is 5.02 Å². The van der Waals surface area contributed by atoms with Crippen LogP contribution in [0.5, 0.6) is 11.5 Å². The molecule has 2 amide bonds. The van der Waals surface area contributed by atoms with E-state index in [1.807, 2.05) is 0 Å². The lowest BCUT2D eigenvalue weighted by Gasteiger charge is -2.12. The highest BCUT2D eigenvalue weighted by Gasteiger charge is 2.35. The van der Waals surface area contributed by atoms with E-state index < -0.39 is 16.1 Å². The first-order valence-corrected chi connectivity index (χ1v) is 9.05. The number of halogens is 1. The molecule has 0 saturated carbocycles. The number of hydrogen-bond acceptors (Lipinski definition) is 7. The standard InChI is InChI=1S/C18H13ClN2O6S/c1-27-14-7-11(6-13(19)16(14)22)8-15-17(23)20(18(24)28-15)9-10-3-2-4-12(5-10)21(25)26/h2-8,22H,9H2,1H3/b15-8+. The smallest absolute Gasteiger partial charge is 0.293 e. The maximum atomic E-state index is 12.6. The number of hydrogen-bond donors (Lipinski definition) is 1. The Morgan fingerprint density at radius 2 is 2.07 bits per heavy atom. The molecule has 0 radical (unpaired) electrons. The van der Waals surface area contributed by atoms with Crippen molar-refractivity contribution < 1.29 is 24.4 Å². The molecule has 2 aromatic carbocycles. The molecular formula is C18H13ClN2O6S. The molecular weight excluding hydrogens is 408 g/mol. The lowest BCUT2D eigenvalue weighted by atomic mass is 10.1. The molecule has 1 aliphatic heterocycles. The lowest BCUT2D eigenvalue weighted by Crippen LogP contribution is -2.27. The molecule has 1 saturated heterocycles. The van der Waals surface area contributed by atoms with E-state index in [4.69, 9.17) is 16.3 Å². The van der Waals surface area contributed by atoms with Crippen molar-refractivity contribution in [1.29, 1.82) is 0 Å². The number of imide groups is 1. The van der Waals surface area contributed by atoms with Crippen molar-refractivity contribution in [2.24, 2.45) is 0 Å². The number of carbonyl (C=O) groups excluding carboxylic acids is 2. The van der Waals surface area contributed by atoms with E-state index in [1.165, 1.54) is 43.5 Å². The molecule has 144 valence electrons. The summed E-state index contributed by atoms with van der Waals surface area (Å²) >= 11 is 6.69. The minimum Gasteiger partial charge on any atom is -0.503 e. The third-order valence-corrected chi connectivity index (χ3v) is 5.10. The number of rotatable bonds is 5. The number of amides is 2. The number of thioether (sulfide) groups is 1. The topological polar surface area (TPSA) is 110 Å². The molecule has 0 unspecified atom stereocenters. The Morgan fingerprint density at radius 3 is 2.75 bits per heavy atom. The van der Waals surface area contributed by atoms with Crippen molar-refractivity contribution in [3.05, 3.63) is 67.6 Å². The SMILES string of the molecule is COc1cc(/C=C2/SC(=O)N(Cc3cccc([N+](=O)[O-])c3)C2=O)cc(Cl)c1O. The van der Waals surface area contributed by atoms with Crippen molar-refractivity contribution in [1.82, 2.24) is 4.90 Å². The summed E-state index contributed by atoms with van der Waals surface area (Å²) in [6, 6.07) is 8.66. The van der Waals surface area contributed by atoms with Crippen LogP contribution in [0.4, 0.5) is 10.5 Å². The first-order chi connectivity index (χ1) is 13.3. The summed E-state index contributed by atoms with van der Waals surface area (Å²) in [6.45, 7) is -0.0800. The van der Waals surface area contributed by atoms with Gasteiger partial charge in [-0.2, -0.15) is 0 Å². The van der Waals surface area contributed by atoms with Crippen LogP contribution in [0.15, 0.2) is 41.3 Å². The van der Waals surface area contributed by atoms with Gasteiger partial charge in [-0.05, 0) is 41.1 Å². The van der Waals surface area contributed by atoms with E-state index >= 15 is 0 Å². The van der Waals surface area contributed by atoms with Crippen LogP contribution in [0, 0.1) is 10.1 Å². The summed E-state index contributed by atoms with van der Waals surface area (Å²) < 4.78 is 5.02. The summed E-state index contributed by atoms with van der Waals surface area (Å²) in [6.07, 6.45) is 1.46. The summed E-state index contributed by atoms with van der Waals surface area (Å²) in [7, 11) is 1.36. The Hall–Kier alpha value is -3.04. The van der Waals surface area contributed by atoms with Gasteiger partial charge in [-0.1, -0.05) is 23.7 Å².